The lowest BCUT2D eigenvalue weighted by Crippen LogP contribution is -2.11. The second-order valence-electron chi connectivity index (χ2n) is 4.04. The minimum atomic E-state index is -0.148. The molecular weight excluding hydrogens is 268 g/mol. The first-order valence-corrected chi connectivity index (χ1v) is 6.60. The van der Waals surface area contributed by atoms with Crippen LogP contribution in [0.3, 0.4) is 0 Å². The summed E-state index contributed by atoms with van der Waals surface area (Å²) >= 11 is 7.28. The van der Waals surface area contributed by atoms with Crippen LogP contribution in [0.15, 0.2) is 24.3 Å². The van der Waals surface area contributed by atoms with Gasteiger partial charge >= 0.3 is 0 Å². The van der Waals surface area contributed by atoms with Gasteiger partial charge in [-0.3, -0.25) is 4.79 Å². The molecule has 3 nitrogen and oxygen atoms in total. The molecule has 1 heterocycles. The van der Waals surface area contributed by atoms with Crippen LogP contribution < -0.4 is 11.1 Å². The van der Waals surface area contributed by atoms with Crippen LogP contribution in [-0.4, -0.2) is 5.91 Å². The Balaban J connectivity index is 2.21. The van der Waals surface area contributed by atoms with Crippen molar-refractivity contribution in [2.45, 2.75) is 13.8 Å². The Morgan fingerprint density at radius 3 is 2.61 bits per heavy atom. The fourth-order valence-corrected chi connectivity index (χ4v) is 2.63. The maximum absolute atomic E-state index is 12.0. The van der Waals surface area contributed by atoms with Crippen LogP contribution in [-0.2, 0) is 0 Å². The van der Waals surface area contributed by atoms with Crippen LogP contribution in [0, 0.1) is 13.8 Å². The van der Waals surface area contributed by atoms with Gasteiger partial charge in [0.05, 0.1) is 16.3 Å². The third-order valence-corrected chi connectivity index (χ3v) is 4.04. The highest BCUT2D eigenvalue weighted by molar-refractivity contribution is 7.14. The number of hydrogen-bond acceptors (Lipinski definition) is 3. The largest absolute Gasteiger partial charge is 0.397 e. The second kappa shape index (κ2) is 5.00. The van der Waals surface area contributed by atoms with Gasteiger partial charge in [0, 0.05) is 9.90 Å². The number of benzene rings is 1. The minimum Gasteiger partial charge on any atom is -0.397 e. The van der Waals surface area contributed by atoms with Crippen molar-refractivity contribution >= 4 is 40.2 Å². The van der Waals surface area contributed by atoms with E-state index in [0.29, 0.717) is 21.3 Å². The van der Waals surface area contributed by atoms with E-state index in [1.165, 1.54) is 11.3 Å². The molecule has 0 radical (unpaired) electrons. The SMILES string of the molecule is Cc1cc(C(=O)Nc2ccc(Cl)cc2N)sc1C. The monoisotopic (exact) mass is 280 g/mol. The average Bonchev–Trinajstić information content (AvgIpc) is 2.63. The Morgan fingerprint density at radius 2 is 2.06 bits per heavy atom. The number of nitrogen functional groups attached to an aromatic ring is 1. The zero-order chi connectivity index (χ0) is 13.3. The fraction of sp³-hybridized carbons (Fsp3) is 0.154. The number of anilines is 2. The summed E-state index contributed by atoms with van der Waals surface area (Å²) in [5, 5.41) is 3.33. The number of carbonyl (C=O) groups excluding carboxylic acids is 1. The number of aryl methyl sites for hydroxylation is 2. The summed E-state index contributed by atoms with van der Waals surface area (Å²) in [6.45, 7) is 3.98. The molecule has 2 aromatic rings. The lowest BCUT2D eigenvalue weighted by atomic mass is 10.2. The number of carbonyl (C=O) groups is 1. The molecule has 94 valence electrons. The molecule has 0 bridgehead atoms. The van der Waals surface area contributed by atoms with Gasteiger partial charge in [-0.2, -0.15) is 0 Å². The van der Waals surface area contributed by atoms with Crippen LogP contribution in [0.1, 0.15) is 20.1 Å². The molecule has 0 aliphatic heterocycles. The molecule has 0 saturated heterocycles. The molecule has 18 heavy (non-hydrogen) atoms. The van der Waals surface area contributed by atoms with E-state index >= 15 is 0 Å². The van der Waals surface area contributed by atoms with E-state index in [1.807, 2.05) is 19.9 Å². The van der Waals surface area contributed by atoms with Crippen molar-refractivity contribution in [1.29, 1.82) is 0 Å². The molecule has 0 spiro atoms. The first-order chi connectivity index (χ1) is 8.47. The molecule has 0 atom stereocenters. The standard InChI is InChI=1S/C13H13ClN2OS/c1-7-5-12(18-8(7)2)13(17)16-11-4-3-9(14)6-10(11)15/h3-6H,15H2,1-2H3,(H,16,17). The van der Waals surface area contributed by atoms with Crippen molar-refractivity contribution in [1.82, 2.24) is 0 Å². The molecule has 5 heteroatoms. The zero-order valence-electron chi connectivity index (χ0n) is 10.1. The van der Waals surface area contributed by atoms with Crippen molar-refractivity contribution in [3.8, 4) is 0 Å². The smallest absolute Gasteiger partial charge is 0.265 e. The molecule has 1 aromatic heterocycles. The van der Waals surface area contributed by atoms with E-state index in [9.17, 15) is 4.79 Å². The van der Waals surface area contributed by atoms with Crippen LogP contribution in [0.5, 0.6) is 0 Å². The first-order valence-electron chi connectivity index (χ1n) is 5.41. The van der Waals surface area contributed by atoms with Crippen LogP contribution in [0.4, 0.5) is 11.4 Å². The van der Waals surface area contributed by atoms with Crippen molar-refractivity contribution < 1.29 is 4.79 Å². The Morgan fingerprint density at radius 1 is 1.33 bits per heavy atom. The fourth-order valence-electron chi connectivity index (χ4n) is 1.52. The highest BCUT2D eigenvalue weighted by Gasteiger charge is 2.12. The van der Waals surface area contributed by atoms with Crippen molar-refractivity contribution in [3.05, 3.63) is 44.6 Å². The van der Waals surface area contributed by atoms with Gasteiger partial charge in [-0.25, -0.2) is 0 Å². The molecule has 0 aliphatic carbocycles. The van der Waals surface area contributed by atoms with Crippen LogP contribution in [0.25, 0.3) is 0 Å². The summed E-state index contributed by atoms with van der Waals surface area (Å²) in [5.41, 5.74) is 7.94. The summed E-state index contributed by atoms with van der Waals surface area (Å²) in [7, 11) is 0. The molecule has 1 aromatic carbocycles. The third kappa shape index (κ3) is 2.66. The molecule has 3 N–H and O–H groups in total. The number of nitrogens with two attached hydrogens (primary N) is 1. The van der Waals surface area contributed by atoms with Gasteiger partial charge in [0.25, 0.3) is 5.91 Å². The Hall–Kier alpha value is -1.52. The first kappa shape index (κ1) is 12.9. The van der Waals surface area contributed by atoms with E-state index in [4.69, 9.17) is 17.3 Å². The summed E-state index contributed by atoms with van der Waals surface area (Å²) in [4.78, 5) is 13.9. The molecule has 1 amide bonds. The number of rotatable bonds is 2. The quantitative estimate of drug-likeness (QED) is 0.821. The van der Waals surface area contributed by atoms with Crippen LogP contribution >= 0.6 is 22.9 Å². The minimum absolute atomic E-state index is 0.148. The summed E-state index contributed by atoms with van der Waals surface area (Å²) in [6.07, 6.45) is 0. The van der Waals surface area contributed by atoms with Gasteiger partial charge in [0.15, 0.2) is 0 Å². The third-order valence-electron chi connectivity index (χ3n) is 2.65. The van der Waals surface area contributed by atoms with Gasteiger partial charge < -0.3 is 11.1 Å². The van der Waals surface area contributed by atoms with Crippen molar-refractivity contribution in [2.75, 3.05) is 11.1 Å². The number of halogens is 1. The molecular formula is C13H13ClN2OS. The van der Waals surface area contributed by atoms with Crippen LogP contribution in [0.2, 0.25) is 5.02 Å². The topological polar surface area (TPSA) is 55.1 Å². The zero-order valence-corrected chi connectivity index (χ0v) is 11.7. The van der Waals surface area contributed by atoms with E-state index in [1.54, 1.807) is 18.2 Å². The van der Waals surface area contributed by atoms with E-state index in [-0.39, 0.29) is 5.91 Å². The highest BCUT2D eigenvalue weighted by atomic mass is 35.5. The average molecular weight is 281 g/mol. The van der Waals surface area contributed by atoms with Gasteiger partial charge in [0.2, 0.25) is 0 Å². The van der Waals surface area contributed by atoms with Crippen molar-refractivity contribution in [2.24, 2.45) is 0 Å². The molecule has 0 fully saturated rings. The number of amides is 1. The second-order valence-corrected chi connectivity index (χ2v) is 5.73. The highest BCUT2D eigenvalue weighted by Crippen LogP contribution is 2.25. The number of nitrogens with one attached hydrogen (secondary N) is 1. The van der Waals surface area contributed by atoms with Crippen molar-refractivity contribution in [3.63, 3.8) is 0 Å². The summed E-state index contributed by atoms with van der Waals surface area (Å²) in [5.74, 6) is -0.148. The Bertz CT molecular complexity index is 588. The predicted molar refractivity (Wildman–Crippen MR) is 77.6 cm³/mol. The summed E-state index contributed by atoms with van der Waals surface area (Å²) in [6, 6.07) is 6.88. The normalized spacial score (nSPS) is 10.4. The van der Waals surface area contributed by atoms with E-state index < -0.39 is 0 Å². The molecule has 0 aliphatic rings. The maximum Gasteiger partial charge on any atom is 0.265 e. The molecule has 0 saturated carbocycles. The number of thiophene rings is 1. The van der Waals surface area contributed by atoms with E-state index in [0.717, 1.165) is 10.4 Å². The summed E-state index contributed by atoms with van der Waals surface area (Å²) < 4.78 is 0. The van der Waals surface area contributed by atoms with E-state index in [2.05, 4.69) is 5.32 Å². The van der Waals surface area contributed by atoms with Gasteiger partial charge in [-0.1, -0.05) is 11.6 Å². The molecule has 2 rings (SSSR count). The van der Waals surface area contributed by atoms with Gasteiger partial charge in [-0.15, -0.1) is 11.3 Å². The number of hydrogen-bond donors (Lipinski definition) is 2. The Labute approximate surface area is 115 Å². The lowest BCUT2D eigenvalue weighted by molar-refractivity contribution is 0.103. The van der Waals surface area contributed by atoms with Gasteiger partial charge in [0.1, 0.15) is 0 Å². The maximum atomic E-state index is 12.0. The molecule has 0 unspecified atom stereocenters. The van der Waals surface area contributed by atoms with Gasteiger partial charge in [-0.05, 0) is 43.7 Å². The predicted octanol–water partition coefficient (Wildman–Crippen LogP) is 3.85. The Kier molecular flexibility index (Phi) is 3.59. The lowest BCUT2D eigenvalue weighted by Gasteiger charge is -2.07.